The standard InChI is InChI=1S/C54H43N/c1-53(2)49-21-13-12-20-47(49)51-52(53)48-33-28-40(35-50(48)54(51,3)4)45-32-27-38(44-18-10-11-19-46(44)45)25-22-36-23-29-42(30-24-36)55(41-16-6-5-7-17-41)43-31-26-37-14-8-9-15-39(37)34-43/h5-35H,1-4H3. The fraction of sp³-hybridized carbons (Fsp3) is 0.111. The van der Waals surface area contributed by atoms with Gasteiger partial charge >= 0.3 is 0 Å². The number of fused-ring (bicyclic) bond motifs is 6. The molecule has 2 aliphatic rings. The highest BCUT2D eigenvalue weighted by atomic mass is 15.1. The van der Waals surface area contributed by atoms with Crippen LogP contribution in [0.5, 0.6) is 0 Å². The molecule has 8 aromatic carbocycles. The summed E-state index contributed by atoms with van der Waals surface area (Å²) < 4.78 is 0. The molecule has 0 saturated carbocycles. The second-order valence-electron chi connectivity index (χ2n) is 16.2. The van der Waals surface area contributed by atoms with Crippen molar-refractivity contribution in [3.63, 3.8) is 0 Å². The van der Waals surface area contributed by atoms with Crippen LogP contribution in [0.1, 0.15) is 61.1 Å². The molecule has 1 heteroatoms. The van der Waals surface area contributed by atoms with Crippen LogP contribution in [0.2, 0.25) is 0 Å². The molecule has 0 N–H and O–H groups in total. The van der Waals surface area contributed by atoms with Crippen LogP contribution in [0.25, 0.3) is 56.0 Å². The van der Waals surface area contributed by atoms with Crippen molar-refractivity contribution >= 4 is 61.9 Å². The minimum absolute atomic E-state index is 0.0184. The van der Waals surface area contributed by atoms with Crippen molar-refractivity contribution in [2.75, 3.05) is 4.90 Å². The number of allylic oxidation sites excluding steroid dienone is 2. The lowest BCUT2D eigenvalue weighted by molar-refractivity contribution is 0.694. The van der Waals surface area contributed by atoms with Gasteiger partial charge in [-0.05, 0) is 120 Å². The first kappa shape index (κ1) is 33.2. The number of hydrogen-bond acceptors (Lipinski definition) is 1. The van der Waals surface area contributed by atoms with E-state index in [0.29, 0.717) is 0 Å². The van der Waals surface area contributed by atoms with Crippen molar-refractivity contribution in [1.29, 1.82) is 0 Å². The normalized spacial score (nSPS) is 15.1. The van der Waals surface area contributed by atoms with Crippen LogP contribution in [-0.4, -0.2) is 0 Å². The predicted molar refractivity (Wildman–Crippen MR) is 236 cm³/mol. The Bertz CT molecular complexity index is 2850. The fourth-order valence-corrected chi connectivity index (χ4v) is 9.51. The van der Waals surface area contributed by atoms with Crippen LogP contribution in [0.3, 0.4) is 0 Å². The van der Waals surface area contributed by atoms with E-state index in [2.05, 4.69) is 221 Å². The second kappa shape index (κ2) is 12.6. The number of para-hydroxylation sites is 1. The zero-order valence-electron chi connectivity index (χ0n) is 31.8. The Morgan fingerprint density at radius 2 is 1.00 bits per heavy atom. The van der Waals surface area contributed by atoms with Gasteiger partial charge in [-0.3, -0.25) is 0 Å². The lowest BCUT2D eigenvalue weighted by Gasteiger charge is -2.28. The van der Waals surface area contributed by atoms with Gasteiger partial charge in [0.15, 0.2) is 0 Å². The van der Waals surface area contributed by atoms with Crippen LogP contribution < -0.4 is 4.90 Å². The molecule has 0 aliphatic heterocycles. The Morgan fingerprint density at radius 1 is 0.400 bits per heavy atom. The van der Waals surface area contributed by atoms with Gasteiger partial charge in [-0.2, -0.15) is 0 Å². The quantitative estimate of drug-likeness (QED) is 0.156. The molecule has 0 fully saturated rings. The zero-order valence-corrected chi connectivity index (χ0v) is 31.8. The van der Waals surface area contributed by atoms with Crippen molar-refractivity contribution in [2.24, 2.45) is 0 Å². The van der Waals surface area contributed by atoms with E-state index in [9.17, 15) is 0 Å². The van der Waals surface area contributed by atoms with Gasteiger partial charge < -0.3 is 4.90 Å². The Kier molecular flexibility index (Phi) is 7.58. The molecule has 10 rings (SSSR count). The molecular formula is C54H43N. The van der Waals surface area contributed by atoms with E-state index in [1.54, 1.807) is 0 Å². The molecule has 0 saturated heterocycles. The monoisotopic (exact) mass is 705 g/mol. The largest absolute Gasteiger partial charge is 0.310 e. The van der Waals surface area contributed by atoms with Gasteiger partial charge in [-0.1, -0.05) is 173 Å². The first-order valence-electron chi connectivity index (χ1n) is 19.4. The van der Waals surface area contributed by atoms with Crippen LogP contribution in [0.4, 0.5) is 17.1 Å². The molecule has 0 bridgehead atoms. The summed E-state index contributed by atoms with van der Waals surface area (Å²) in [5.74, 6) is 0. The maximum absolute atomic E-state index is 2.47. The maximum atomic E-state index is 2.47. The van der Waals surface area contributed by atoms with Gasteiger partial charge in [-0.25, -0.2) is 0 Å². The Balaban J connectivity index is 0.969. The van der Waals surface area contributed by atoms with Crippen molar-refractivity contribution < 1.29 is 0 Å². The van der Waals surface area contributed by atoms with E-state index in [1.165, 1.54) is 71.6 Å². The summed E-state index contributed by atoms with van der Waals surface area (Å²) in [7, 11) is 0. The smallest absolute Gasteiger partial charge is 0.0468 e. The average molecular weight is 706 g/mol. The molecule has 264 valence electrons. The highest BCUT2D eigenvalue weighted by molar-refractivity contribution is 6.10. The number of nitrogens with zero attached hydrogens (tertiary/aromatic N) is 1. The van der Waals surface area contributed by atoms with Gasteiger partial charge in [0.1, 0.15) is 0 Å². The van der Waals surface area contributed by atoms with Crippen molar-refractivity contribution in [3.8, 4) is 11.1 Å². The molecule has 0 atom stereocenters. The second-order valence-corrected chi connectivity index (χ2v) is 16.2. The van der Waals surface area contributed by atoms with Crippen molar-refractivity contribution in [1.82, 2.24) is 0 Å². The number of hydrogen-bond donors (Lipinski definition) is 0. The molecule has 8 aromatic rings. The first-order chi connectivity index (χ1) is 26.8. The lowest BCUT2D eigenvalue weighted by Crippen LogP contribution is -2.19. The highest BCUT2D eigenvalue weighted by Gasteiger charge is 2.49. The summed E-state index contributed by atoms with van der Waals surface area (Å²) in [6.07, 6.45) is 4.50. The summed E-state index contributed by atoms with van der Waals surface area (Å²) in [4.78, 5) is 2.33. The molecule has 0 radical (unpaired) electrons. The first-order valence-corrected chi connectivity index (χ1v) is 19.4. The Hall–Kier alpha value is -6.44. The van der Waals surface area contributed by atoms with E-state index in [1.807, 2.05) is 0 Å². The summed E-state index contributed by atoms with van der Waals surface area (Å²) in [5.41, 5.74) is 16.9. The molecule has 0 amide bonds. The Labute approximate surface area is 324 Å². The van der Waals surface area contributed by atoms with Crippen LogP contribution in [0.15, 0.2) is 176 Å². The van der Waals surface area contributed by atoms with Gasteiger partial charge in [0.2, 0.25) is 0 Å². The summed E-state index contributed by atoms with van der Waals surface area (Å²) in [5, 5.41) is 5.01. The molecular weight excluding hydrogens is 663 g/mol. The highest BCUT2D eigenvalue weighted by Crippen LogP contribution is 2.62. The van der Waals surface area contributed by atoms with Crippen LogP contribution in [-0.2, 0) is 10.8 Å². The van der Waals surface area contributed by atoms with E-state index >= 15 is 0 Å². The third-order valence-corrected chi connectivity index (χ3v) is 12.2. The minimum atomic E-state index is -0.0772. The lowest BCUT2D eigenvalue weighted by atomic mass is 9.75. The summed E-state index contributed by atoms with van der Waals surface area (Å²) >= 11 is 0. The Morgan fingerprint density at radius 3 is 1.80 bits per heavy atom. The molecule has 0 aromatic heterocycles. The van der Waals surface area contributed by atoms with Crippen molar-refractivity contribution in [2.45, 2.75) is 38.5 Å². The predicted octanol–water partition coefficient (Wildman–Crippen LogP) is 14.8. The number of anilines is 3. The van der Waals surface area contributed by atoms with Crippen LogP contribution >= 0.6 is 0 Å². The van der Waals surface area contributed by atoms with Gasteiger partial charge in [0.05, 0.1) is 0 Å². The van der Waals surface area contributed by atoms with Gasteiger partial charge in [-0.15, -0.1) is 0 Å². The molecule has 1 nitrogen and oxygen atoms in total. The fourth-order valence-electron chi connectivity index (χ4n) is 9.51. The summed E-state index contributed by atoms with van der Waals surface area (Å²) in [6.45, 7) is 9.62. The van der Waals surface area contributed by atoms with Crippen molar-refractivity contribution in [3.05, 3.63) is 209 Å². The topological polar surface area (TPSA) is 3.24 Å². The molecule has 0 unspecified atom stereocenters. The number of benzene rings is 8. The summed E-state index contributed by atoms with van der Waals surface area (Å²) in [6, 6.07) is 64.5. The van der Waals surface area contributed by atoms with E-state index < -0.39 is 0 Å². The molecule has 0 heterocycles. The SMILES string of the molecule is CC1(C)C2=C(c3ccccc31)C(C)(C)c1cc(-c3ccc(C=Cc4ccc(N(c5ccccc5)c5ccc6ccccc6c5)cc4)c4ccccc34)ccc12. The van der Waals surface area contributed by atoms with E-state index in [0.717, 1.165) is 22.6 Å². The third-order valence-electron chi connectivity index (χ3n) is 12.2. The van der Waals surface area contributed by atoms with Gasteiger partial charge in [0.25, 0.3) is 0 Å². The minimum Gasteiger partial charge on any atom is -0.310 e. The molecule has 0 spiro atoms. The molecule has 55 heavy (non-hydrogen) atoms. The average Bonchev–Trinajstić information content (AvgIpc) is 3.62. The number of rotatable bonds is 6. The van der Waals surface area contributed by atoms with Gasteiger partial charge in [0, 0.05) is 27.9 Å². The maximum Gasteiger partial charge on any atom is 0.0468 e. The zero-order chi connectivity index (χ0) is 37.3. The third kappa shape index (κ3) is 5.29. The van der Waals surface area contributed by atoms with Crippen LogP contribution in [0, 0.1) is 0 Å². The van der Waals surface area contributed by atoms with E-state index in [4.69, 9.17) is 0 Å². The van der Waals surface area contributed by atoms with E-state index in [-0.39, 0.29) is 10.8 Å². The molecule has 2 aliphatic carbocycles.